The number of aromatic nitrogens is 1. The maximum absolute atomic E-state index is 13.7. The standard InChI is InChI=1S/C19H22FN3O2/c1-25-18-5-4-15(11-17(18)20)12-19(24)23-9-7-22(8-10-23)14-16-3-2-6-21-13-16/h2-6,11,13H,7-10,12,14H2,1H3. The lowest BCUT2D eigenvalue weighted by Gasteiger charge is -2.34. The lowest BCUT2D eigenvalue weighted by Crippen LogP contribution is -2.48. The summed E-state index contributed by atoms with van der Waals surface area (Å²) in [5.41, 5.74) is 1.84. The molecule has 1 amide bonds. The molecule has 25 heavy (non-hydrogen) atoms. The molecule has 0 bridgehead atoms. The number of ether oxygens (including phenoxy) is 1. The Morgan fingerprint density at radius 1 is 1.20 bits per heavy atom. The average molecular weight is 343 g/mol. The summed E-state index contributed by atoms with van der Waals surface area (Å²) in [5, 5.41) is 0. The molecule has 0 radical (unpaired) electrons. The fourth-order valence-corrected chi connectivity index (χ4v) is 3.01. The van der Waals surface area contributed by atoms with Crippen LogP contribution in [-0.2, 0) is 17.8 Å². The molecule has 0 atom stereocenters. The van der Waals surface area contributed by atoms with Crippen molar-refractivity contribution in [2.45, 2.75) is 13.0 Å². The molecular formula is C19H22FN3O2. The first kappa shape index (κ1) is 17.4. The van der Waals surface area contributed by atoms with Gasteiger partial charge in [-0.1, -0.05) is 12.1 Å². The zero-order valence-electron chi connectivity index (χ0n) is 14.3. The number of pyridine rings is 1. The Morgan fingerprint density at radius 2 is 2.00 bits per heavy atom. The van der Waals surface area contributed by atoms with Crippen molar-refractivity contribution < 1.29 is 13.9 Å². The van der Waals surface area contributed by atoms with E-state index in [0.29, 0.717) is 18.7 Å². The van der Waals surface area contributed by atoms with Crippen molar-refractivity contribution in [2.24, 2.45) is 0 Å². The Labute approximate surface area is 147 Å². The summed E-state index contributed by atoms with van der Waals surface area (Å²) >= 11 is 0. The number of halogens is 1. The number of carbonyl (C=O) groups excluding carboxylic acids is 1. The molecule has 1 saturated heterocycles. The second-order valence-electron chi connectivity index (χ2n) is 6.16. The van der Waals surface area contributed by atoms with Gasteiger partial charge in [-0.05, 0) is 29.3 Å². The van der Waals surface area contributed by atoms with E-state index >= 15 is 0 Å². The topological polar surface area (TPSA) is 45.7 Å². The summed E-state index contributed by atoms with van der Waals surface area (Å²) in [4.78, 5) is 20.7. The number of methoxy groups -OCH3 is 1. The van der Waals surface area contributed by atoms with Gasteiger partial charge in [0.05, 0.1) is 13.5 Å². The molecule has 0 saturated carbocycles. The van der Waals surface area contributed by atoms with Gasteiger partial charge in [-0.25, -0.2) is 4.39 Å². The van der Waals surface area contributed by atoms with Crippen LogP contribution in [0.1, 0.15) is 11.1 Å². The van der Waals surface area contributed by atoms with E-state index in [0.717, 1.165) is 19.6 Å². The molecule has 1 fully saturated rings. The molecule has 2 heterocycles. The zero-order chi connectivity index (χ0) is 17.6. The zero-order valence-corrected chi connectivity index (χ0v) is 14.3. The van der Waals surface area contributed by atoms with Crippen molar-refractivity contribution in [1.29, 1.82) is 0 Å². The minimum Gasteiger partial charge on any atom is -0.494 e. The normalized spacial score (nSPS) is 15.2. The smallest absolute Gasteiger partial charge is 0.227 e. The Bertz CT molecular complexity index is 716. The SMILES string of the molecule is COc1ccc(CC(=O)N2CCN(Cc3cccnc3)CC2)cc1F. The summed E-state index contributed by atoms with van der Waals surface area (Å²) in [6, 6.07) is 8.66. The van der Waals surface area contributed by atoms with Crippen LogP contribution in [0.25, 0.3) is 0 Å². The molecule has 0 N–H and O–H groups in total. The van der Waals surface area contributed by atoms with E-state index < -0.39 is 5.82 Å². The van der Waals surface area contributed by atoms with Gasteiger partial charge in [0.1, 0.15) is 0 Å². The first-order valence-electron chi connectivity index (χ1n) is 8.37. The first-order valence-corrected chi connectivity index (χ1v) is 8.37. The molecule has 3 rings (SSSR count). The number of piperazine rings is 1. The van der Waals surface area contributed by atoms with E-state index in [1.165, 1.54) is 18.7 Å². The van der Waals surface area contributed by atoms with Gasteiger partial charge in [0.2, 0.25) is 5.91 Å². The third kappa shape index (κ3) is 4.54. The van der Waals surface area contributed by atoms with E-state index in [2.05, 4.69) is 16.0 Å². The van der Waals surface area contributed by atoms with Crippen LogP contribution in [0.4, 0.5) is 4.39 Å². The van der Waals surface area contributed by atoms with Crippen LogP contribution >= 0.6 is 0 Å². The number of amides is 1. The molecule has 1 aliphatic heterocycles. The van der Waals surface area contributed by atoms with Crippen LogP contribution in [0.15, 0.2) is 42.7 Å². The summed E-state index contributed by atoms with van der Waals surface area (Å²) in [6.45, 7) is 3.89. The van der Waals surface area contributed by atoms with E-state index in [1.807, 2.05) is 17.2 Å². The highest BCUT2D eigenvalue weighted by atomic mass is 19.1. The number of rotatable bonds is 5. The summed E-state index contributed by atoms with van der Waals surface area (Å²) in [5.74, 6) is -0.208. The predicted molar refractivity (Wildman–Crippen MR) is 92.8 cm³/mol. The molecule has 6 heteroatoms. The number of benzene rings is 1. The van der Waals surface area contributed by atoms with Crippen LogP contribution in [-0.4, -0.2) is 54.0 Å². The molecule has 1 aromatic heterocycles. The number of hydrogen-bond donors (Lipinski definition) is 0. The van der Waals surface area contributed by atoms with Crippen LogP contribution in [0.5, 0.6) is 5.75 Å². The number of hydrogen-bond acceptors (Lipinski definition) is 4. The fraction of sp³-hybridized carbons (Fsp3) is 0.368. The highest BCUT2D eigenvalue weighted by Gasteiger charge is 2.21. The van der Waals surface area contributed by atoms with Gasteiger partial charge in [-0.2, -0.15) is 0 Å². The monoisotopic (exact) mass is 343 g/mol. The molecule has 132 valence electrons. The van der Waals surface area contributed by atoms with Crippen molar-refractivity contribution >= 4 is 5.91 Å². The number of carbonyl (C=O) groups is 1. The number of nitrogens with zero attached hydrogens (tertiary/aromatic N) is 3. The fourth-order valence-electron chi connectivity index (χ4n) is 3.01. The Morgan fingerprint density at radius 3 is 2.64 bits per heavy atom. The van der Waals surface area contributed by atoms with Gasteiger partial charge < -0.3 is 9.64 Å². The maximum atomic E-state index is 13.7. The van der Waals surface area contributed by atoms with E-state index in [1.54, 1.807) is 18.3 Å². The molecule has 0 unspecified atom stereocenters. The van der Waals surface area contributed by atoms with Gasteiger partial charge in [0, 0.05) is 45.1 Å². The predicted octanol–water partition coefficient (Wildman–Crippen LogP) is 2.12. The van der Waals surface area contributed by atoms with Gasteiger partial charge in [-0.3, -0.25) is 14.7 Å². The van der Waals surface area contributed by atoms with Crippen molar-refractivity contribution in [3.63, 3.8) is 0 Å². The van der Waals surface area contributed by atoms with E-state index in [4.69, 9.17) is 4.74 Å². The van der Waals surface area contributed by atoms with Gasteiger partial charge in [0.25, 0.3) is 0 Å². The summed E-state index contributed by atoms with van der Waals surface area (Å²) in [7, 11) is 1.42. The van der Waals surface area contributed by atoms with Crippen LogP contribution in [0, 0.1) is 5.82 Å². The van der Waals surface area contributed by atoms with Gasteiger partial charge in [0.15, 0.2) is 11.6 Å². The Balaban J connectivity index is 1.50. The highest BCUT2D eigenvalue weighted by molar-refractivity contribution is 5.79. The first-order chi connectivity index (χ1) is 12.2. The van der Waals surface area contributed by atoms with E-state index in [9.17, 15) is 9.18 Å². The van der Waals surface area contributed by atoms with Crippen molar-refractivity contribution in [2.75, 3.05) is 33.3 Å². The summed E-state index contributed by atoms with van der Waals surface area (Å²) in [6.07, 6.45) is 3.85. The second-order valence-corrected chi connectivity index (χ2v) is 6.16. The second kappa shape index (κ2) is 8.07. The maximum Gasteiger partial charge on any atom is 0.227 e. The third-order valence-corrected chi connectivity index (χ3v) is 4.43. The average Bonchev–Trinajstić information content (AvgIpc) is 2.63. The van der Waals surface area contributed by atoms with Crippen molar-refractivity contribution in [3.8, 4) is 5.75 Å². The Hall–Kier alpha value is -2.47. The van der Waals surface area contributed by atoms with E-state index in [-0.39, 0.29) is 18.1 Å². The largest absolute Gasteiger partial charge is 0.494 e. The Kier molecular flexibility index (Phi) is 5.60. The molecule has 5 nitrogen and oxygen atoms in total. The van der Waals surface area contributed by atoms with Gasteiger partial charge in [-0.15, -0.1) is 0 Å². The van der Waals surface area contributed by atoms with Crippen LogP contribution in [0.3, 0.4) is 0 Å². The molecule has 0 spiro atoms. The lowest BCUT2D eigenvalue weighted by atomic mass is 10.1. The highest BCUT2D eigenvalue weighted by Crippen LogP contribution is 2.18. The van der Waals surface area contributed by atoms with Crippen LogP contribution < -0.4 is 4.74 Å². The van der Waals surface area contributed by atoms with Crippen LogP contribution in [0.2, 0.25) is 0 Å². The summed E-state index contributed by atoms with van der Waals surface area (Å²) < 4.78 is 18.6. The molecule has 1 aliphatic rings. The molecular weight excluding hydrogens is 321 g/mol. The van der Waals surface area contributed by atoms with Gasteiger partial charge >= 0.3 is 0 Å². The molecule has 0 aliphatic carbocycles. The lowest BCUT2D eigenvalue weighted by molar-refractivity contribution is -0.132. The minimum atomic E-state index is -0.436. The third-order valence-electron chi connectivity index (χ3n) is 4.43. The van der Waals surface area contributed by atoms with Crippen molar-refractivity contribution in [3.05, 3.63) is 59.7 Å². The molecule has 1 aromatic carbocycles. The van der Waals surface area contributed by atoms with Crippen molar-refractivity contribution in [1.82, 2.24) is 14.8 Å². The minimum absolute atomic E-state index is 0.0330. The quantitative estimate of drug-likeness (QED) is 0.834. The molecule has 2 aromatic rings.